The molecule has 5 heteroatoms. The molecule has 0 aromatic carbocycles. The average Bonchev–Trinajstić information content (AvgIpc) is 3.15. The standard InChI is InChI=1S/C15H26N2O3/c1-2-5-10-8-13(10)17-15(20)16-9-11-6-3-4-7-12(11)14(18)19/h10-13H,2-9H2,1H3,(H,18,19)(H2,16,17,20). The van der Waals surface area contributed by atoms with Gasteiger partial charge in [-0.3, -0.25) is 4.79 Å². The molecule has 0 bridgehead atoms. The van der Waals surface area contributed by atoms with Gasteiger partial charge in [-0.15, -0.1) is 0 Å². The van der Waals surface area contributed by atoms with Gasteiger partial charge in [0.2, 0.25) is 0 Å². The highest BCUT2D eigenvalue weighted by Crippen LogP contribution is 2.34. The Morgan fingerprint density at radius 2 is 1.95 bits per heavy atom. The zero-order valence-corrected chi connectivity index (χ0v) is 12.2. The minimum absolute atomic E-state index is 0.0811. The van der Waals surface area contributed by atoms with Crippen LogP contribution in [0.2, 0.25) is 0 Å². The molecule has 0 aromatic rings. The van der Waals surface area contributed by atoms with Gasteiger partial charge >= 0.3 is 12.0 Å². The summed E-state index contributed by atoms with van der Waals surface area (Å²) in [6.07, 6.45) is 7.12. The van der Waals surface area contributed by atoms with Crippen molar-refractivity contribution in [3.63, 3.8) is 0 Å². The number of hydrogen-bond acceptors (Lipinski definition) is 2. The van der Waals surface area contributed by atoms with E-state index in [0.29, 0.717) is 18.5 Å². The van der Waals surface area contributed by atoms with E-state index in [1.807, 2.05) is 0 Å². The molecule has 4 atom stereocenters. The molecule has 5 nitrogen and oxygen atoms in total. The van der Waals surface area contributed by atoms with Gasteiger partial charge in [-0.2, -0.15) is 0 Å². The number of aliphatic carboxylic acids is 1. The number of carbonyl (C=O) groups is 2. The van der Waals surface area contributed by atoms with E-state index in [-0.39, 0.29) is 17.9 Å². The van der Waals surface area contributed by atoms with Crippen LogP contribution in [0.15, 0.2) is 0 Å². The van der Waals surface area contributed by atoms with Crippen molar-refractivity contribution in [1.29, 1.82) is 0 Å². The van der Waals surface area contributed by atoms with Gasteiger partial charge in [0, 0.05) is 12.6 Å². The highest BCUT2D eigenvalue weighted by molar-refractivity contribution is 5.75. The summed E-state index contributed by atoms with van der Waals surface area (Å²) in [5.74, 6) is -0.287. The maximum Gasteiger partial charge on any atom is 0.315 e. The molecule has 114 valence electrons. The minimum atomic E-state index is -0.720. The Bertz CT molecular complexity index is 359. The van der Waals surface area contributed by atoms with Crippen molar-refractivity contribution in [2.24, 2.45) is 17.8 Å². The van der Waals surface area contributed by atoms with Gasteiger partial charge < -0.3 is 15.7 Å². The molecule has 2 aliphatic carbocycles. The average molecular weight is 282 g/mol. The maximum absolute atomic E-state index is 11.8. The van der Waals surface area contributed by atoms with Crippen LogP contribution < -0.4 is 10.6 Å². The second kappa shape index (κ2) is 6.95. The molecule has 20 heavy (non-hydrogen) atoms. The van der Waals surface area contributed by atoms with Crippen LogP contribution in [0.4, 0.5) is 4.79 Å². The minimum Gasteiger partial charge on any atom is -0.481 e. The Labute approximate surface area is 120 Å². The second-order valence-corrected chi connectivity index (χ2v) is 6.23. The first kappa shape index (κ1) is 15.1. The largest absolute Gasteiger partial charge is 0.481 e. The van der Waals surface area contributed by atoms with Gasteiger partial charge in [-0.25, -0.2) is 4.79 Å². The third kappa shape index (κ3) is 4.12. The number of carbonyl (C=O) groups excluding carboxylic acids is 1. The molecule has 2 rings (SSSR count). The highest BCUT2D eigenvalue weighted by atomic mass is 16.4. The van der Waals surface area contributed by atoms with E-state index in [1.54, 1.807) is 0 Å². The van der Waals surface area contributed by atoms with Crippen LogP contribution >= 0.6 is 0 Å². The van der Waals surface area contributed by atoms with E-state index in [9.17, 15) is 14.7 Å². The number of amides is 2. The summed E-state index contributed by atoms with van der Waals surface area (Å²) < 4.78 is 0. The number of urea groups is 1. The van der Waals surface area contributed by atoms with Gasteiger partial charge in [0.1, 0.15) is 0 Å². The molecule has 0 heterocycles. The highest BCUT2D eigenvalue weighted by Gasteiger charge is 2.37. The van der Waals surface area contributed by atoms with E-state index in [4.69, 9.17) is 0 Å². The molecular weight excluding hydrogens is 256 g/mol. The van der Waals surface area contributed by atoms with E-state index < -0.39 is 5.97 Å². The van der Waals surface area contributed by atoms with Gasteiger partial charge in [0.15, 0.2) is 0 Å². The Kier molecular flexibility index (Phi) is 5.26. The molecule has 2 aliphatic rings. The quantitative estimate of drug-likeness (QED) is 0.700. The lowest BCUT2D eigenvalue weighted by Crippen LogP contribution is -2.42. The fourth-order valence-electron chi connectivity index (χ4n) is 3.33. The van der Waals surface area contributed by atoms with Crippen LogP contribution in [0.25, 0.3) is 0 Å². The van der Waals surface area contributed by atoms with Crippen molar-refractivity contribution in [3.05, 3.63) is 0 Å². The lowest BCUT2D eigenvalue weighted by molar-refractivity contribution is -0.144. The Hall–Kier alpha value is -1.26. The molecule has 4 unspecified atom stereocenters. The Balaban J connectivity index is 1.68. The predicted molar refractivity (Wildman–Crippen MR) is 76.4 cm³/mol. The van der Waals surface area contributed by atoms with E-state index in [0.717, 1.165) is 38.5 Å². The molecule has 2 fully saturated rings. The van der Waals surface area contributed by atoms with E-state index in [2.05, 4.69) is 17.6 Å². The summed E-state index contributed by atoms with van der Waals surface area (Å²) in [6, 6.07) is 0.194. The van der Waals surface area contributed by atoms with Crippen LogP contribution in [0, 0.1) is 17.8 Å². The van der Waals surface area contributed by atoms with Crippen LogP contribution in [-0.2, 0) is 4.79 Å². The van der Waals surface area contributed by atoms with Crippen molar-refractivity contribution < 1.29 is 14.7 Å². The Morgan fingerprint density at radius 1 is 1.20 bits per heavy atom. The summed E-state index contributed by atoms with van der Waals surface area (Å²) in [5, 5.41) is 15.0. The van der Waals surface area contributed by atoms with Crippen molar-refractivity contribution in [2.75, 3.05) is 6.54 Å². The number of carboxylic acid groups (broad SMARTS) is 1. The number of carboxylic acids is 1. The first-order chi connectivity index (χ1) is 9.61. The van der Waals surface area contributed by atoms with Crippen LogP contribution in [0.5, 0.6) is 0 Å². The van der Waals surface area contributed by atoms with Gasteiger partial charge in [0.05, 0.1) is 5.92 Å². The molecule has 0 saturated heterocycles. The molecule has 0 aliphatic heterocycles. The van der Waals surface area contributed by atoms with Crippen molar-refractivity contribution in [1.82, 2.24) is 10.6 Å². The van der Waals surface area contributed by atoms with Gasteiger partial charge in [-0.05, 0) is 37.5 Å². The molecule has 0 aromatic heterocycles. The third-order valence-corrected chi connectivity index (χ3v) is 4.65. The fraction of sp³-hybridized carbons (Fsp3) is 0.867. The lowest BCUT2D eigenvalue weighted by atomic mass is 9.79. The van der Waals surface area contributed by atoms with Crippen LogP contribution in [0.3, 0.4) is 0 Å². The van der Waals surface area contributed by atoms with Gasteiger partial charge in [0.25, 0.3) is 0 Å². The summed E-state index contributed by atoms with van der Waals surface area (Å²) in [7, 11) is 0. The smallest absolute Gasteiger partial charge is 0.315 e. The monoisotopic (exact) mass is 282 g/mol. The van der Waals surface area contributed by atoms with Gasteiger partial charge in [-0.1, -0.05) is 26.2 Å². The molecular formula is C15H26N2O3. The fourth-order valence-corrected chi connectivity index (χ4v) is 3.33. The lowest BCUT2D eigenvalue weighted by Gasteiger charge is -2.28. The zero-order chi connectivity index (χ0) is 14.5. The first-order valence-corrected chi connectivity index (χ1v) is 7.89. The maximum atomic E-state index is 11.8. The van der Waals surface area contributed by atoms with Crippen LogP contribution in [-0.4, -0.2) is 29.7 Å². The second-order valence-electron chi connectivity index (χ2n) is 6.23. The van der Waals surface area contributed by atoms with E-state index in [1.165, 1.54) is 6.42 Å². The molecule has 0 radical (unpaired) electrons. The normalized spacial score (nSPS) is 32.5. The topological polar surface area (TPSA) is 78.4 Å². The predicted octanol–water partition coefficient (Wildman–Crippen LogP) is 2.37. The van der Waals surface area contributed by atoms with Crippen molar-refractivity contribution >= 4 is 12.0 Å². The van der Waals surface area contributed by atoms with Crippen LogP contribution in [0.1, 0.15) is 51.9 Å². The summed E-state index contributed by atoms with van der Waals surface area (Å²) in [6.45, 7) is 2.64. The molecule has 3 N–H and O–H groups in total. The molecule has 2 saturated carbocycles. The SMILES string of the molecule is CCCC1CC1NC(=O)NCC1CCCCC1C(=O)O. The summed E-state index contributed by atoms with van der Waals surface area (Å²) >= 11 is 0. The van der Waals surface area contributed by atoms with E-state index >= 15 is 0 Å². The third-order valence-electron chi connectivity index (χ3n) is 4.65. The van der Waals surface area contributed by atoms with Crippen molar-refractivity contribution in [3.8, 4) is 0 Å². The zero-order valence-electron chi connectivity index (χ0n) is 12.2. The molecule has 0 spiro atoms. The van der Waals surface area contributed by atoms with Crippen molar-refractivity contribution in [2.45, 2.75) is 57.9 Å². The number of rotatable bonds is 6. The summed E-state index contributed by atoms with van der Waals surface area (Å²) in [5.41, 5.74) is 0. The first-order valence-electron chi connectivity index (χ1n) is 7.89. The molecule has 2 amide bonds. The number of hydrogen-bond donors (Lipinski definition) is 3. The Morgan fingerprint density at radius 3 is 2.65 bits per heavy atom. The number of nitrogens with one attached hydrogen (secondary N) is 2. The summed E-state index contributed by atoms with van der Waals surface area (Å²) in [4.78, 5) is 23.0.